The average molecular weight is 312 g/mol. The normalized spacial score (nSPS) is 12.0. The molecule has 0 aliphatic carbocycles. The highest BCUT2D eigenvalue weighted by Crippen LogP contribution is 2.18. The molecule has 2 aromatic rings. The van der Waals surface area contributed by atoms with Crippen molar-refractivity contribution >= 4 is 5.91 Å². The lowest BCUT2D eigenvalue weighted by molar-refractivity contribution is 0.0997. The van der Waals surface area contributed by atoms with Crippen LogP contribution in [0.5, 0.6) is 5.75 Å². The molecule has 4 nitrogen and oxygen atoms in total. The quantitative estimate of drug-likeness (QED) is 0.701. The Morgan fingerprint density at radius 3 is 2.57 bits per heavy atom. The number of benzene rings is 2. The predicted molar refractivity (Wildman–Crippen MR) is 92.6 cm³/mol. The number of primary amides is 1. The molecule has 2 rings (SSSR count). The Balaban J connectivity index is 1.76. The molecule has 0 heterocycles. The maximum atomic E-state index is 11.2. The Bertz CT molecular complexity index is 641. The van der Waals surface area contributed by atoms with E-state index in [1.165, 1.54) is 11.6 Å². The minimum atomic E-state index is -0.603. The predicted octanol–water partition coefficient (Wildman–Crippen LogP) is 2.64. The van der Waals surface area contributed by atoms with E-state index < -0.39 is 5.91 Å². The molecule has 23 heavy (non-hydrogen) atoms. The Kier molecular flexibility index (Phi) is 6.18. The van der Waals surface area contributed by atoms with Crippen molar-refractivity contribution in [1.82, 2.24) is 5.32 Å². The van der Waals surface area contributed by atoms with Crippen LogP contribution < -0.4 is 11.1 Å². The first-order valence-electron chi connectivity index (χ1n) is 7.95. The lowest BCUT2D eigenvalue weighted by Gasteiger charge is -2.14. The average Bonchev–Trinajstić information content (AvgIpc) is 2.55. The van der Waals surface area contributed by atoms with E-state index in [9.17, 15) is 9.90 Å². The number of hydrogen-bond donors (Lipinski definition) is 3. The molecule has 0 bridgehead atoms. The summed E-state index contributed by atoms with van der Waals surface area (Å²) in [5.41, 5.74) is 7.76. The summed E-state index contributed by atoms with van der Waals surface area (Å²) < 4.78 is 0. The molecule has 0 aliphatic heterocycles. The minimum absolute atomic E-state index is 0.0644. The highest BCUT2D eigenvalue weighted by atomic mass is 16.3. The zero-order chi connectivity index (χ0) is 16.7. The van der Waals surface area contributed by atoms with Crippen molar-refractivity contribution in [1.29, 1.82) is 0 Å². The minimum Gasteiger partial charge on any atom is -0.507 e. The monoisotopic (exact) mass is 312 g/mol. The van der Waals surface area contributed by atoms with Crippen LogP contribution in [0, 0.1) is 0 Å². The van der Waals surface area contributed by atoms with Gasteiger partial charge in [-0.1, -0.05) is 36.4 Å². The van der Waals surface area contributed by atoms with Crippen LogP contribution in [-0.4, -0.2) is 23.6 Å². The van der Waals surface area contributed by atoms with Crippen molar-refractivity contribution in [3.05, 3.63) is 65.2 Å². The number of phenols is 1. The van der Waals surface area contributed by atoms with Crippen LogP contribution in [0.15, 0.2) is 48.5 Å². The van der Waals surface area contributed by atoms with E-state index in [0.29, 0.717) is 6.04 Å². The molecule has 0 saturated heterocycles. The van der Waals surface area contributed by atoms with Gasteiger partial charge in [0.15, 0.2) is 0 Å². The molecule has 0 aliphatic rings. The molecule has 0 fully saturated rings. The number of carbonyl (C=O) groups is 1. The molecule has 0 spiro atoms. The first-order valence-corrected chi connectivity index (χ1v) is 7.95. The van der Waals surface area contributed by atoms with Crippen LogP contribution in [0.25, 0.3) is 0 Å². The summed E-state index contributed by atoms with van der Waals surface area (Å²) in [5, 5.41) is 13.1. The summed E-state index contributed by atoms with van der Waals surface area (Å²) in [6.45, 7) is 2.99. The number of nitrogens with two attached hydrogens (primary N) is 1. The number of amides is 1. The van der Waals surface area contributed by atoms with Crippen molar-refractivity contribution in [2.24, 2.45) is 5.73 Å². The van der Waals surface area contributed by atoms with Gasteiger partial charge in [0, 0.05) is 6.04 Å². The molecule has 122 valence electrons. The van der Waals surface area contributed by atoms with Gasteiger partial charge in [-0.25, -0.2) is 0 Å². The number of nitrogens with one attached hydrogen (secondary N) is 1. The number of aromatic hydroxyl groups is 1. The molecule has 4 heteroatoms. The van der Waals surface area contributed by atoms with Gasteiger partial charge in [0.1, 0.15) is 5.75 Å². The molecule has 4 N–H and O–H groups in total. The van der Waals surface area contributed by atoms with Crippen LogP contribution in [0.2, 0.25) is 0 Å². The SMILES string of the molecule is CC(CCc1ccccc1)NCCc1ccc(O)c(C(N)=O)c1. The second-order valence-corrected chi connectivity index (χ2v) is 5.85. The third-order valence-corrected chi connectivity index (χ3v) is 3.94. The maximum absolute atomic E-state index is 11.2. The van der Waals surface area contributed by atoms with Gasteiger partial charge in [-0.2, -0.15) is 0 Å². The van der Waals surface area contributed by atoms with E-state index in [1.54, 1.807) is 6.07 Å². The van der Waals surface area contributed by atoms with E-state index in [-0.39, 0.29) is 11.3 Å². The lowest BCUT2D eigenvalue weighted by Crippen LogP contribution is -2.28. The third kappa shape index (κ3) is 5.42. The van der Waals surface area contributed by atoms with Gasteiger partial charge in [-0.05, 0) is 56.0 Å². The van der Waals surface area contributed by atoms with Crippen LogP contribution in [0.3, 0.4) is 0 Å². The fraction of sp³-hybridized carbons (Fsp3) is 0.316. The van der Waals surface area contributed by atoms with Crippen molar-refractivity contribution in [3.8, 4) is 5.75 Å². The Hall–Kier alpha value is -2.33. The van der Waals surface area contributed by atoms with Gasteiger partial charge in [0.25, 0.3) is 5.91 Å². The van der Waals surface area contributed by atoms with Gasteiger partial charge >= 0.3 is 0 Å². The highest BCUT2D eigenvalue weighted by molar-refractivity contribution is 5.95. The van der Waals surface area contributed by atoms with Crippen molar-refractivity contribution in [2.45, 2.75) is 32.2 Å². The van der Waals surface area contributed by atoms with Gasteiger partial charge < -0.3 is 16.2 Å². The molecule has 0 radical (unpaired) electrons. The summed E-state index contributed by atoms with van der Waals surface area (Å²) in [4.78, 5) is 11.2. The van der Waals surface area contributed by atoms with Crippen molar-refractivity contribution in [3.63, 3.8) is 0 Å². The van der Waals surface area contributed by atoms with E-state index in [1.807, 2.05) is 12.1 Å². The Labute approximate surface area is 137 Å². The first kappa shape index (κ1) is 17.0. The lowest BCUT2D eigenvalue weighted by atomic mass is 10.0. The number of hydrogen-bond acceptors (Lipinski definition) is 3. The van der Waals surface area contributed by atoms with Gasteiger partial charge in [-0.15, -0.1) is 0 Å². The third-order valence-electron chi connectivity index (χ3n) is 3.94. The maximum Gasteiger partial charge on any atom is 0.252 e. The van der Waals surface area contributed by atoms with Crippen molar-refractivity contribution < 1.29 is 9.90 Å². The first-order chi connectivity index (χ1) is 11.1. The fourth-order valence-electron chi connectivity index (χ4n) is 2.53. The smallest absolute Gasteiger partial charge is 0.252 e. The van der Waals surface area contributed by atoms with Gasteiger partial charge in [-0.3, -0.25) is 4.79 Å². The molecule has 0 aromatic heterocycles. The summed E-state index contributed by atoms with van der Waals surface area (Å²) >= 11 is 0. The highest BCUT2D eigenvalue weighted by Gasteiger charge is 2.08. The molecule has 1 atom stereocenters. The zero-order valence-corrected chi connectivity index (χ0v) is 13.5. The Morgan fingerprint density at radius 1 is 1.13 bits per heavy atom. The second kappa shape index (κ2) is 8.34. The Morgan fingerprint density at radius 2 is 1.87 bits per heavy atom. The molecule has 2 aromatic carbocycles. The topological polar surface area (TPSA) is 75.3 Å². The number of carbonyl (C=O) groups excluding carboxylic acids is 1. The zero-order valence-electron chi connectivity index (χ0n) is 13.5. The molecule has 0 saturated carbocycles. The summed E-state index contributed by atoms with van der Waals surface area (Å²) in [6, 6.07) is 15.9. The largest absolute Gasteiger partial charge is 0.507 e. The van der Waals surface area contributed by atoms with Crippen LogP contribution in [0.1, 0.15) is 34.8 Å². The molecular weight excluding hydrogens is 288 g/mol. The van der Waals surface area contributed by atoms with Gasteiger partial charge in [0.2, 0.25) is 0 Å². The summed E-state index contributed by atoms with van der Waals surface area (Å²) in [6.07, 6.45) is 2.92. The van der Waals surface area contributed by atoms with E-state index >= 15 is 0 Å². The van der Waals surface area contributed by atoms with E-state index in [4.69, 9.17) is 5.73 Å². The standard InChI is InChI=1S/C19H24N2O2/c1-14(7-8-15-5-3-2-4-6-15)21-12-11-16-9-10-18(22)17(13-16)19(20)23/h2-6,9-10,13-14,21-22H,7-8,11-12H2,1H3,(H2,20,23). The van der Waals surface area contributed by atoms with Crippen LogP contribution in [0.4, 0.5) is 0 Å². The van der Waals surface area contributed by atoms with E-state index in [2.05, 4.69) is 36.5 Å². The number of aryl methyl sites for hydroxylation is 1. The van der Waals surface area contributed by atoms with Gasteiger partial charge in [0.05, 0.1) is 5.56 Å². The van der Waals surface area contributed by atoms with E-state index in [0.717, 1.165) is 31.4 Å². The summed E-state index contributed by atoms with van der Waals surface area (Å²) in [5.74, 6) is -0.668. The molecular formula is C19H24N2O2. The molecule has 1 amide bonds. The molecule has 1 unspecified atom stereocenters. The second-order valence-electron chi connectivity index (χ2n) is 5.85. The number of rotatable bonds is 8. The van der Waals surface area contributed by atoms with Crippen LogP contribution >= 0.6 is 0 Å². The van der Waals surface area contributed by atoms with Crippen LogP contribution in [-0.2, 0) is 12.8 Å². The van der Waals surface area contributed by atoms with Crippen molar-refractivity contribution in [2.75, 3.05) is 6.54 Å². The summed E-state index contributed by atoms with van der Waals surface area (Å²) in [7, 11) is 0. The fourth-order valence-corrected chi connectivity index (χ4v) is 2.53.